The van der Waals surface area contributed by atoms with Crippen molar-refractivity contribution in [2.24, 2.45) is 0 Å². The predicted molar refractivity (Wildman–Crippen MR) is 145 cm³/mol. The summed E-state index contributed by atoms with van der Waals surface area (Å²) in [5.74, 6) is -2.75. The van der Waals surface area contributed by atoms with E-state index in [9.17, 15) is 24.6 Å². The van der Waals surface area contributed by atoms with Gasteiger partial charge in [-0.15, -0.1) is 0 Å². The molecule has 3 aromatic rings. The highest BCUT2D eigenvalue weighted by atomic mass is 16.5. The first kappa shape index (κ1) is 26.0. The minimum absolute atomic E-state index is 0.000510. The molecule has 0 unspecified atom stereocenters. The van der Waals surface area contributed by atoms with Crippen LogP contribution in [0.2, 0.25) is 0 Å². The lowest BCUT2D eigenvalue weighted by Gasteiger charge is -2.27. The molecule has 0 saturated heterocycles. The van der Waals surface area contributed by atoms with E-state index in [1.807, 2.05) is 31.2 Å². The average molecular weight is 528 g/mol. The summed E-state index contributed by atoms with van der Waals surface area (Å²) in [5, 5.41) is 26.4. The number of benzene rings is 3. The van der Waals surface area contributed by atoms with Crippen LogP contribution in [0.15, 0.2) is 59.6 Å². The number of allylic oxidation sites excluding steroid dienone is 3. The van der Waals surface area contributed by atoms with E-state index in [2.05, 4.69) is 18.3 Å². The van der Waals surface area contributed by atoms with E-state index in [4.69, 9.17) is 9.47 Å². The number of fused-ring (bicyclic) bond motifs is 4. The average Bonchev–Trinajstić information content (AvgIpc) is 3.19. The second-order valence-electron chi connectivity index (χ2n) is 9.97. The number of ether oxygens (including phenoxy) is 2. The number of phenolic OH excluding ortho intramolecular Hbond substituents is 1. The normalized spacial score (nSPS) is 17.9. The first-order valence-electron chi connectivity index (χ1n) is 12.7. The maximum absolute atomic E-state index is 13.7. The first-order valence-corrected chi connectivity index (χ1v) is 12.7. The number of hydrogen-bond donors (Lipinski definition) is 3. The molecule has 0 spiro atoms. The molecule has 1 aliphatic heterocycles. The molecule has 200 valence electrons. The second kappa shape index (κ2) is 9.31. The molecule has 0 saturated carbocycles. The Balaban J connectivity index is 1.60. The van der Waals surface area contributed by atoms with Gasteiger partial charge in [-0.2, -0.15) is 0 Å². The van der Waals surface area contributed by atoms with Crippen LogP contribution in [-0.4, -0.2) is 34.8 Å². The van der Waals surface area contributed by atoms with E-state index < -0.39 is 34.2 Å². The summed E-state index contributed by atoms with van der Waals surface area (Å²) in [6.45, 7) is 7.00. The number of ketones is 2. The number of carbonyl (C=O) groups excluding carboxylic acids is 3. The van der Waals surface area contributed by atoms with Crippen LogP contribution in [0.5, 0.6) is 17.2 Å². The first-order chi connectivity index (χ1) is 18.5. The van der Waals surface area contributed by atoms with E-state index in [-0.39, 0.29) is 40.7 Å². The predicted octanol–water partition coefficient (Wildman–Crippen LogP) is 4.87. The number of aliphatic hydroxyl groups is 1. The fraction of sp³-hybridized carbons (Fsp3) is 0.258. The quantitative estimate of drug-likeness (QED) is 0.391. The molecule has 5 rings (SSSR count). The molecule has 2 aliphatic rings. The monoisotopic (exact) mass is 527 g/mol. The Bertz CT molecular complexity index is 1660. The topological polar surface area (TPSA) is 122 Å². The van der Waals surface area contributed by atoms with Gasteiger partial charge in [-0.05, 0) is 54.7 Å². The third-order valence-corrected chi connectivity index (χ3v) is 7.71. The van der Waals surface area contributed by atoms with Gasteiger partial charge in [-0.3, -0.25) is 14.4 Å². The number of aromatic hydroxyl groups is 1. The third-order valence-electron chi connectivity index (χ3n) is 7.71. The maximum Gasteiger partial charge on any atom is 0.259 e. The van der Waals surface area contributed by atoms with Gasteiger partial charge in [0.05, 0.1) is 12.7 Å². The smallest absolute Gasteiger partial charge is 0.259 e. The second-order valence-corrected chi connectivity index (χ2v) is 9.97. The highest BCUT2D eigenvalue weighted by molar-refractivity contribution is 6.25. The van der Waals surface area contributed by atoms with Crippen LogP contribution in [0.25, 0.3) is 10.8 Å². The molecule has 3 aromatic carbocycles. The van der Waals surface area contributed by atoms with E-state index >= 15 is 0 Å². The highest BCUT2D eigenvalue weighted by Gasteiger charge is 2.55. The van der Waals surface area contributed by atoms with Crippen LogP contribution >= 0.6 is 0 Å². The van der Waals surface area contributed by atoms with Crippen LogP contribution in [-0.2, 0) is 28.0 Å². The Morgan fingerprint density at radius 2 is 1.85 bits per heavy atom. The van der Waals surface area contributed by atoms with Crippen molar-refractivity contribution in [3.8, 4) is 17.2 Å². The van der Waals surface area contributed by atoms with E-state index in [0.29, 0.717) is 0 Å². The van der Waals surface area contributed by atoms with Crippen LogP contribution in [0, 0.1) is 6.92 Å². The lowest BCUT2D eigenvalue weighted by atomic mass is 9.71. The van der Waals surface area contributed by atoms with Gasteiger partial charge in [-0.25, -0.2) is 0 Å². The molecule has 1 atom stereocenters. The summed E-state index contributed by atoms with van der Waals surface area (Å²) < 4.78 is 11.4. The number of nitrogens with one attached hydrogen (secondary N) is 1. The maximum atomic E-state index is 13.7. The summed E-state index contributed by atoms with van der Waals surface area (Å²) in [6, 6.07) is 11.4. The van der Waals surface area contributed by atoms with Gasteiger partial charge in [-0.1, -0.05) is 37.3 Å². The van der Waals surface area contributed by atoms with Gasteiger partial charge in [0, 0.05) is 18.7 Å². The number of methoxy groups -OCH3 is 1. The number of Topliss-reactive ketones (excluding diaryl/α,β-unsaturated/α-hetero) is 2. The molecule has 1 amide bonds. The summed E-state index contributed by atoms with van der Waals surface area (Å²) in [4.78, 5) is 39.4. The van der Waals surface area contributed by atoms with Crippen LogP contribution < -0.4 is 14.8 Å². The van der Waals surface area contributed by atoms with Crippen LogP contribution in [0.3, 0.4) is 0 Å². The molecule has 8 nitrogen and oxygen atoms in total. The Morgan fingerprint density at radius 1 is 1.13 bits per heavy atom. The van der Waals surface area contributed by atoms with Gasteiger partial charge in [0.2, 0.25) is 0 Å². The Labute approximate surface area is 225 Å². The van der Waals surface area contributed by atoms with Gasteiger partial charge >= 0.3 is 0 Å². The number of hydrogen-bond acceptors (Lipinski definition) is 7. The third kappa shape index (κ3) is 3.78. The summed E-state index contributed by atoms with van der Waals surface area (Å²) in [6.07, 6.45) is 1.96. The Morgan fingerprint density at radius 3 is 2.51 bits per heavy atom. The zero-order valence-electron chi connectivity index (χ0n) is 22.4. The van der Waals surface area contributed by atoms with Crippen molar-refractivity contribution in [3.63, 3.8) is 0 Å². The van der Waals surface area contributed by atoms with Crippen molar-refractivity contribution in [1.29, 1.82) is 0 Å². The van der Waals surface area contributed by atoms with Crippen LogP contribution in [0.1, 0.15) is 53.4 Å². The van der Waals surface area contributed by atoms with E-state index in [1.54, 1.807) is 0 Å². The highest BCUT2D eigenvalue weighted by Crippen LogP contribution is 2.56. The van der Waals surface area contributed by atoms with E-state index in [1.165, 1.54) is 33.1 Å². The molecule has 39 heavy (non-hydrogen) atoms. The summed E-state index contributed by atoms with van der Waals surface area (Å²) in [7, 11) is 1.36. The zero-order valence-corrected chi connectivity index (χ0v) is 22.4. The van der Waals surface area contributed by atoms with E-state index in [0.717, 1.165) is 33.9 Å². The van der Waals surface area contributed by atoms with Crippen molar-refractivity contribution < 1.29 is 34.1 Å². The van der Waals surface area contributed by atoms with Crippen molar-refractivity contribution in [3.05, 3.63) is 87.4 Å². The molecule has 0 fully saturated rings. The molecule has 1 aliphatic carbocycles. The fourth-order valence-electron chi connectivity index (χ4n) is 5.79. The molecule has 0 radical (unpaired) electrons. The summed E-state index contributed by atoms with van der Waals surface area (Å²) in [5.41, 5.74) is 1.28. The molecule has 0 aromatic heterocycles. The van der Waals surface area contributed by atoms with Gasteiger partial charge in [0.25, 0.3) is 5.91 Å². The van der Waals surface area contributed by atoms with Crippen molar-refractivity contribution in [2.45, 2.75) is 46.1 Å². The molecular weight excluding hydrogens is 498 g/mol. The van der Waals surface area contributed by atoms with Gasteiger partial charge in [0.15, 0.2) is 17.3 Å². The summed E-state index contributed by atoms with van der Waals surface area (Å²) >= 11 is 0. The lowest BCUT2D eigenvalue weighted by molar-refractivity contribution is -0.123. The minimum atomic E-state index is -1.62. The van der Waals surface area contributed by atoms with Crippen LogP contribution in [0.4, 0.5) is 0 Å². The minimum Gasteiger partial charge on any atom is -0.507 e. The van der Waals surface area contributed by atoms with Crippen molar-refractivity contribution in [1.82, 2.24) is 5.32 Å². The molecule has 1 heterocycles. The SMILES string of the molecule is CCc1c(C)cc2ccccc2c1CNC(=O)c1c(OC)cc(O)c2c1OC1=CC(O)=C(C(C)=O)C(=O)[C@]12C. The molecule has 3 N–H and O–H groups in total. The number of rotatable bonds is 6. The number of phenols is 1. The van der Waals surface area contributed by atoms with Gasteiger partial charge < -0.3 is 25.0 Å². The molecule has 0 bridgehead atoms. The Hall–Kier alpha value is -4.59. The van der Waals surface area contributed by atoms with Crippen molar-refractivity contribution in [2.75, 3.05) is 7.11 Å². The molecular formula is C31H29NO7. The standard InChI is InChI=1S/C31H29NO7/c1-6-18-15(2)11-17-9-7-8-10-19(17)20(18)14-32-30(37)26-23(38-5)12-22(35)27-28(26)39-24-13-21(34)25(16(3)33)29(36)31(24,27)4/h7-13,34-35H,6,14H2,1-5H3,(H,32,37)/t31-/m1/s1. The largest absolute Gasteiger partial charge is 0.507 e. The van der Waals surface area contributed by atoms with Gasteiger partial charge in [0.1, 0.15) is 39.6 Å². The number of carbonyl (C=O) groups is 3. The number of amides is 1. The van der Waals surface area contributed by atoms with Crippen molar-refractivity contribution >= 4 is 28.2 Å². The zero-order chi connectivity index (χ0) is 28.2. The lowest BCUT2D eigenvalue weighted by Crippen LogP contribution is -2.38. The number of aliphatic hydroxyl groups excluding tert-OH is 1. The fourth-order valence-corrected chi connectivity index (χ4v) is 5.79. The Kier molecular flexibility index (Phi) is 6.21. The molecule has 8 heteroatoms. The number of aryl methyl sites for hydroxylation is 1.